The molecule has 0 aliphatic carbocycles. The molecule has 1 aromatic carbocycles. The third kappa shape index (κ3) is 5.99. The second-order valence-corrected chi connectivity index (χ2v) is 4.53. The molecule has 0 radical (unpaired) electrons. The number of halogens is 2. The van der Waals surface area contributed by atoms with Crippen LogP contribution < -0.4 is 11.1 Å². The number of hydrogen-bond donors (Lipinski definition) is 2. The fourth-order valence-electron chi connectivity index (χ4n) is 1.81. The number of amides is 2. The van der Waals surface area contributed by atoms with Gasteiger partial charge in [-0.2, -0.15) is 5.26 Å². The van der Waals surface area contributed by atoms with Gasteiger partial charge in [-0.3, -0.25) is 9.59 Å². The summed E-state index contributed by atoms with van der Waals surface area (Å²) in [6.07, 6.45) is 0.636. The summed E-state index contributed by atoms with van der Waals surface area (Å²) in [6, 6.07) is 3.80. The molecule has 0 saturated heterocycles. The molecule has 2 amide bonds. The Labute approximate surface area is 120 Å². The zero-order chi connectivity index (χ0) is 15.8. The molecule has 21 heavy (non-hydrogen) atoms. The largest absolute Gasteiger partial charge is 0.368 e. The second kappa shape index (κ2) is 7.94. The Bertz CT molecular complexity index is 550. The number of nitrogens with two attached hydrogens (primary N) is 1. The lowest BCUT2D eigenvalue weighted by Crippen LogP contribution is -2.44. The first-order valence-electron chi connectivity index (χ1n) is 6.33. The van der Waals surface area contributed by atoms with E-state index < -0.39 is 29.5 Å². The van der Waals surface area contributed by atoms with Crippen LogP contribution in [0.3, 0.4) is 0 Å². The third-order valence-electron chi connectivity index (χ3n) is 2.75. The van der Waals surface area contributed by atoms with Crippen molar-refractivity contribution >= 4 is 11.8 Å². The van der Waals surface area contributed by atoms with E-state index in [9.17, 15) is 18.4 Å². The van der Waals surface area contributed by atoms with Gasteiger partial charge in [0.25, 0.3) is 0 Å². The van der Waals surface area contributed by atoms with Gasteiger partial charge >= 0.3 is 0 Å². The van der Waals surface area contributed by atoms with Crippen LogP contribution in [-0.4, -0.2) is 17.9 Å². The zero-order valence-corrected chi connectivity index (χ0v) is 11.2. The van der Waals surface area contributed by atoms with Crippen LogP contribution in [-0.2, 0) is 16.0 Å². The van der Waals surface area contributed by atoms with Crippen molar-refractivity contribution in [2.24, 2.45) is 5.73 Å². The van der Waals surface area contributed by atoms with Gasteiger partial charge in [0.1, 0.15) is 17.7 Å². The number of benzene rings is 1. The van der Waals surface area contributed by atoms with Crippen molar-refractivity contribution in [2.45, 2.75) is 31.7 Å². The van der Waals surface area contributed by atoms with Gasteiger partial charge in [0, 0.05) is 12.5 Å². The third-order valence-corrected chi connectivity index (χ3v) is 2.75. The predicted octanol–water partition coefficient (Wildman–Crippen LogP) is 1.17. The molecule has 0 fully saturated rings. The Morgan fingerprint density at radius 2 is 1.90 bits per heavy atom. The summed E-state index contributed by atoms with van der Waals surface area (Å²) in [6.45, 7) is 0. The van der Waals surface area contributed by atoms with Crippen molar-refractivity contribution in [3.63, 3.8) is 0 Å². The lowest BCUT2D eigenvalue weighted by Gasteiger charge is -2.14. The smallest absolute Gasteiger partial charge is 0.240 e. The summed E-state index contributed by atoms with van der Waals surface area (Å²) in [5.41, 5.74) is 5.31. The maximum atomic E-state index is 13.0. The molecule has 7 heteroatoms. The summed E-state index contributed by atoms with van der Waals surface area (Å²) >= 11 is 0. The Hall–Kier alpha value is -2.49. The van der Waals surface area contributed by atoms with Crippen LogP contribution in [0.15, 0.2) is 18.2 Å². The number of primary amides is 1. The highest BCUT2D eigenvalue weighted by molar-refractivity contribution is 5.87. The number of hydrogen-bond acceptors (Lipinski definition) is 3. The standard InChI is InChI=1S/C14H15F2N3O2/c15-10-5-9(6-11(16)8-10)7-13(20)19-12(14(18)21)3-1-2-4-17/h5-6,8,12H,1-3,7H2,(H2,18,21)(H,19,20)/t12-/m0/s1. The number of carbonyl (C=O) groups is 2. The minimum Gasteiger partial charge on any atom is -0.368 e. The van der Waals surface area contributed by atoms with Crippen molar-refractivity contribution in [2.75, 3.05) is 0 Å². The second-order valence-electron chi connectivity index (χ2n) is 4.53. The molecule has 0 saturated carbocycles. The molecular formula is C14H15F2N3O2. The SMILES string of the molecule is N#CCCC[C@H](NC(=O)Cc1cc(F)cc(F)c1)C(N)=O. The number of carbonyl (C=O) groups excluding carboxylic acids is 2. The molecule has 0 bridgehead atoms. The Morgan fingerprint density at radius 1 is 1.29 bits per heavy atom. The van der Waals surface area contributed by atoms with E-state index in [4.69, 9.17) is 11.0 Å². The van der Waals surface area contributed by atoms with Crippen LogP contribution in [0.2, 0.25) is 0 Å². The van der Waals surface area contributed by atoms with Crippen LogP contribution in [0.4, 0.5) is 8.78 Å². The first-order valence-corrected chi connectivity index (χ1v) is 6.33. The molecule has 0 spiro atoms. The molecular weight excluding hydrogens is 280 g/mol. The molecule has 0 heterocycles. The molecule has 5 nitrogen and oxygen atoms in total. The molecule has 0 aromatic heterocycles. The van der Waals surface area contributed by atoms with Crippen molar-refractivity contribution in [1.29, 1.82) is 5.26 Å². The fraction of sp³-hybridized carbons (Fsp3) is 0.357. The molecule has 3 N–H and O–H groups in total. The van der Waals surface area contributed by atoms with Crippen LogP contribution in [0, 0.1) is 23.0 Å². The molecule has 112 valence electrons. The summed E-state index contributed by atoms with van der Waals surface area (Å²) < 4.78 is 26.0. The number of nitriles is 1. The van der Waals surface area contributed by atoms with Crippen molar-refractivity contribution in [3.05, 3.63) is 35.4 Å². The van der Waals surface area contributed by atoms with Crippen molar-refractivity contribution < 1.29 is 18.4 Å². The lowest BCUT2D eigenvalue weighted by molar-refractivity contribution is -0.127. The topological polar surface area (TPSA) is 96.0 Å². The number of nitrogens with zero attached hydrogens (tertiary/aromatic N) is 1. The Morgan fingerprint density at radius 3 is 2.43 bits per heavy atom. The maximum absolute atomic E-state index is 13.0. The van der Waals surface area contributed by atoms with E-state index in [1.807, 2.05) is 6.07 Å². The highest BCUT2D eigenvalue weighted by atomic mass is 19.1. The van der Waals surface area contributed by atoms with Gasteiger partial charge in [-0.25, -0.2) is 8.78 Å². The highest BCUT2D eigenvalue weighted by Gasteiger charge is 2.18. The van der Waals surface area contributed by atoms with E-state index in [1.54, 1.807) is 0 Å². The van der Waals surface area contributed by atoms with Gasteiger partial charge in [-0.15, -0.1) is 0 Å². The van der Waals surface area contributed by atoms with Gasteiger partial charge in [0.05, 0.1) is 12.5 Å². The van der Waals surface area contributed by atoms with E-state index in [2.05, 4.69) is 5.32 Å². The minimum atomic E-state index is -0.899. The monoisotopic (exact) mass is 295 g/mol. The molecule has 0 aliphatic rings. The molecule has 1 rings (SSSR count). The number of rotatable bonds is 7. The molecule has 1 atom stereocenters. The van der Waals surface area contributed by atoms with Gasteiger partial charge < -0.3 is 11.1 Å². The van der Waals surface area contributed by atoms with E-state index in [0.29, 0.717) is 12.5 Å². The van der Waals surface area contributed by atoms with Crippen LogP contribution in [0.1, 0.15) is 24.8 Å². The van der Waals surface area contributed by atoms with Gasteiger partial charge in [0.2, 0.25) is 11.8 Å². The van der Waals surface area contributed by atoms with Crippen molar-refractivity contribution in [1.82, 2.24) is 5.32 Å². The van der Waals surface area contributed by atoms with E-state index >= 15 is 0 Å². The van der Waals surface area contributed by atoms with E-state index in [-0.39, 0.29) is 24.8 Å². The predicted molar refractivity (Wildman–Crippen MR) is 70.7 cm³/mol. The summed E-state index contributed by atoms with van der Waals surface area (Å²) in [5, 5.41) is 10.8. The number of nitrogens with one attached hydrogen (secondary N) is 1. The molecule has 0 aliphatic heterocycles. The Balaban J connectivity index is 2.61. The summed E-state index contributed by atoms with van der Waals surface area (Å²) in [4.78, 5) is 22.9. The maximum Gasteiger partial charge on any atom is 0.240 e. The van der Waals surface area contributed by atoms with Gasteiger partial charge in [-0.1, -0.05) is 0 Å². The van der Waals surface area contributed by atoms with Gasteiger partial charge in [-0.05, 0) is 30.5 Å². The normalized spacial score (nSPS) is 11.5. The summed E-state index contributed by atoms with van der Waals surface area (Å²) in [5.74, 6) is -2.84. The average Bonchev–Trinajstić information content (AvgIpc) is 2.36. The zero-order valence-electron chi connectivity index (χ0n) is 11.2. The first kappa shape index (κ1) is 16.6. The van der Waals surface area contributed by atoms with Crippen molar-refractivity contribution in [3.8, 4) is 6.07 Å². The highest BCUT2D eigenvalue weighted by Crippen LogP contribution is 2.09. The Kier molecular flexibility index (Phi) is 6.27. The quantitative estimate of drug-likeness (QED) is 0.739. The number of unbranched alkanes of at least 4 members (excludes halogenated alkanes) is 1. The fourth-order valence-corrected chi connectivity index (χ4v) is 1.81. The van der Waals surface area contributed by atoms with Crippen LogP contribution in [0.25, 0.3) is 0 Å². The minimum absolute atomic E-state index is 0.158. The molecule has 0 unspecified atom stereocenters. The molecule has 1 aromatic rings. The van der Waals surface area contributed by atoms with Crippen LogP contribution >= 0.6 is 0 Å². The van der Waals surface area contributed by atoms with Gasteiger partial charge in [0.15, 0.2) is 0 Å². The van der Waals surface area contributed by atoms with Crippen LogP contribution in [0.5, 0.6) is 0 Å². The summed E-state index contributed by atoms with van der Waals surface area (Å²) in [7, 11) is 0. The average molecular weight is 295 g/mol. The van der Waals surface area contributed by atoms with E-state index in [1.165, 1.54) is 0 Å². The lowest BCUT2D eigenvalue weighted by atomic mass is 10.1. The first-order chi connectivity index (χ1) is 9.92. The van der Waals surface area contributed by atoms with E-state index in [0.717, 1.165) is 12.1 Å².